The van der Waals surface area contributed by atoms with Gasteiger partial charge in [-0.1, -0.05) is 20.3 Å². The molecule has 1 saturated carbocycles. The molecule has 2 N–H and O–H groups in total. The van der Waals surface area contributed by atoms with Crippen LogP contribution in [0.2, 0.25) is 0 Å². The van der Waals surface area contributed by atoms with E-state index in [-0.39, 0.29) is 0 Å². The first-order chi connectivity index (χ1) is 7.99. The third-order valence-electron chi connectivity index (χ3n) is 3.75. The molecule has 0 aromatic heterocycles. The van der Waals surface area contributed by atoms with E-state index in [1.807, 2.05) is 11.9 Å². The maximum absolute atomic E-state index is 12.0. The van der Waals surface area contributed by atoms with Crippen LogP contribution in [0.4, 0.5) is 0 Å². The molecule has 2 atom stereocenters. The highest BCUT2D eigenvalue weighted by Gasteiger charge is 2.22. The lowest BCUT2D eigenvalue weighted by atomic mass is 9.84. The maximum Gasteiger partial charge on any atom is 0.222 e. The molecule has 1 aliphatic rings. The van der Waals surface area contributed by atoms with E-state index in [4.69, 9.17) is 5.73 Å². The van der Waals surface area contributed by atoms with Crippen molar-refractivity contribution in [2.45, 2.75) is 58.4 Å². The fourth-order valence-electron chi connectivity index (χ4n) is 2.50. The largest absolute Gasteiger partial charge is 0.346 e. The van der Waals surface area contributed by atoms with Crippen LogP contribution in [0.5, 0.6) is 0 Å². The van der Waals surface area contributed by atoms with Crippen LogP contribution in [0.3, 0.4) is 0 Å². The first-order valence-corrected chi connectivity index (χ1v) is 6.98. The molecule has 3 nitrogen and oxygen atoms in total. The Kier molecular flexibility index (Phi) is 5.96. The Morgan fingerprint density at radius 3 is 2.71 bits per heavy atom. The second-order valence-electron chi connectivity index (χ2n) is 5.99. The van der Waals surface area contributed by atoms with Gasteiger partial charge in [-0.2, -0.15) is 0 Å². The van der Waals surface area contributed by atoms with E-state index in [2.05, 4.69) is 13.8 Å². The molecule has 0 aromatic carbocycles. The molecular weight excluding hydrogens is 212 g/mol. The summed E-state index contributed by atoms with van der Waals surface area (Å²) in [4.78, 5) is 13.9. The van der Waals surface area contributed by atoms with Crippen molar-refractivity contribution in [3.05, 3.63) is 0 Å². The van der Waals surface area contributed by atoms with Crippen LogP contribution < -0.4 is 5.73 Å². The van der Waals surface area contributed by atoms with Gasteiger partial charge in [0.25, 0.3) is 0 Å². The number of nitrogens with two attached hydrogens (primary N) is 1. The summed E-state index contributed by atoms with van der Waals surface area (Å²) in [6.07, 6.45) is 6.32. The number of rotatable bonds is 5. The minimum atomic E-state index is 0.296. The summed E-state index contributed by atoms with van der Waals surface area (Å²) < 4.78 is 0. The van der Waals surface area contributed by atoms with E-state index in [0.717, 1.165) is 25.8 Å². The Balaban J connectivity index is 2.27. The lowest BCUT2D eigenvalue weighted by Crippen LogP contribution is -2.33. The molecule has 0 heterocycles. The second-order valence-corrected chi connectivity index (χ2v) is 5.99. The molecule has 0 aliphatic heterocycles. The number of carbonyl (C=O) groups excluding carboxylic acids is 1. The van der Waals surface area contributed by atoms with Gasteiger partial charge in [0.1, 0.15) is 0 Å². The minimum Gasteiger partial charge on any atom is -0.346 e. The molecule has 100 valence electrons. The summed E-state index contributed by atoms with van der Waals surface area (Å²) in [7, 11) is 1.92. The van der Waals surface area contributed by atoms with Gasteiger partial charge in [0.05, 0.1) is 0 Å². The zero-order valence-electron chi connectivity index (χ0n) is 11.6. The SMILES string of the molecule is CC(C)CCN(C)C(=O)CC1CCCC(N)C1. The van der Waals surface area contributed by atoms with E-state index in [0.29, 0.717) is 30.2 Å². The van der Waals surface area contributed by atoms with Crippen molar-refractivity contribution in [3.63, 3.8) is 0 Å². The predicted molar refractivity (Wildman–Crippen MR) is 71.6 cm³/mol. The number of amides is 1. The number of hydrogen-bond donors (Lipinski definition) is 1. The van der Waals surface area contributed by atoms with Crippen molar-refractivity contribution in [1.82, 2.24) is 4.90 Å². The second kappa shape index (κ2) is 7.00. The van der Waals surface area contributed by atoms with Crippen LogP contribution >= 0.6 is 0 Å². The van der Waals surface area contributed by atoms with Crippen LogP contribution in [0.15, 0.2) is 0 Å². The summed E-state index contributed by atoms with van der Waals surface area (Å²) in [5.41, 5.74) is 5.95. The highest BCUT2D eigenvalue weighted by atomic mass is 16.2. The lowest BCUT2D eigenvalue weighted by molar-refractivity contribution is -0.131. The molecule has 0 spiro atoms. The molecule has 0 saturated heterocycles. The summed E-state index contributed by atoms with van der Waals surface area (Å²) >= 11 is 0. The Morgan fingerprint density at radius 1 is 1.41 bits per heavy atom. The zero-order chi connectivity index (χ0) is 12.8. The molecule has 0 aromatic rings. The third-order valence-corrected chi connectivity index (χ3v) is 3.75. The minimum absolute atomic E-state index is 0.296. The van der Waals surface area contributed by atoms with Gasteiger partial charge in [0.15, 0.2) is 0 Å². The van der Waals surface area contributed by atoms with Crippen LogP contribution in [0.1, 0.15) is 52.4 Å². The maximum atomic E-state index is 12.0. The van der Waals surface area contributed by atoms with Gasteiger partial charge in [0.2, 0.25) is 5.91 Å². The molecule has 1 amide bonds. The predicted octanol–water partition coefficient (Wildman–Crippen LogP) is 2.40. The molecule has 0 radical (unpaired) electrons. The lowest BCUT2D eigenvalue weighted by Gasteiger charge is -2.28. The van der Waals surface area contributed by atoms with E-state index < -0.39 is 0 Å². The summed E-state index contributed by atoms with van der Waals surface area (Å²) in [6.45, 7) is 5.27. The average Bonchev–Trinajstić information content (AvgIpc) is 2.25. The van der Waals surface area contributed by atoms with E-state index >= 15 is 0 Å². The van der Waals surface area contributed by atoms with Gasteiger partial charge in [-0.15, -0.1) is 0 Å². The van der Waals surface area contributed by atoms with Crippen molar-refractivity contribution in [1.29, 1.82) is 0 Å². The Morgan fingerprint density at radius 2 is 2.12 bits per heavy atom. The van der Waals surface area contributed by atoms with E-state index in [1.54, 1.807) is 0 Å². The van der Waals surface area contributed by atoms with Crippen molar-refractivity contribution >= 4 is 5.91 Å². The summed E-state index contributed by atoms with van der Waals surface area (Å²) in [5, 5.41) is 0. The van der Waals surface area contributed by atoms with Gasteiger partial charge in [-0.05, 0) is 37.5 Å². The highest BCUT2D eigenvalue weighted by molar-refractivity contribution is 5.76. The van der Waals surface area contributed by atoms with Crippen LogP contribution in [-0.2, 0) is 4.79 Å². The summed E-state index contributed by atoms with van der Waals surface area (Å²) in [5.74, 6) is 1.48. The third kappa shape index (κ3) is 5.53. The van der Waals surface area contributed by atoms with Gasteiger partial charge in [-0.25, -0.2) is 0 Å². The molecule has 2 unspecified atom stereocenters. The number of hydrogen-bond acceptors (Lipinski definition) is 2. The quantitative estimate of drug-likeness (QED) is 0.802. The topological polar surface area (TPSA) is 46.3 Å². The molecule has 0 bridgehead atoms. The first-order valence-electron chi connectivity index (χ1n) is 6.98. The zero-order valence-corrected chi connectivity index (χ0v) is 11.6. The fourth-order valence-corrected chi connectivity index (χ4v) is 2.50. The Hall–Kier alpha value is -0.570. The Labute approximate surface area is 106 Å². The fraction of sp³-hybridized carbons (Fsp3) is 0.929. The highest BCUT2D eigenvalue weighted by Crippen LogP contribution is 2.26. The molecule has 3 heteroatoms. The van der Waals surface area contributed by atoms with Crippen LogP contribution in [0.25, 0.3) is 0 Å². The van der Waals surface area contributed by atoms with E-state index in [1.165, 1.54) is 12.8 Å². The van der Waals surface area contributed by atoms with Crippen molar-refractivity contribution in [3.8, 4) is 0 Å². The van der Waals surface area contributed by atoms with Gasteiger partial charge >= 0.3 is 0 Å². The van der Waals surface area contributed by atoms with Crippen LogP contribution in [0, 0.1) is 11.8 Å². The summed E-state index contributed by atoms with van der Waals surface area (Å²) in [6, 6.07) is 0.322. The molecular formula is C14H28N2O. The first kappa shape index (κ1) is 14.5. The van der Waals surface area contributed by atoms with Gasteiger partial charge < -0.3 is 10.6 Å². The monoisotopic (exact) mass is 240 g/mol. The molecule has 17 heavy (non-hydrogen) atoms. The molecule has 1 rings (SSSR count). The normalized spacial score (nSPS) is 25.0. The van der Waals surface area contributed by atoms with Crippen LogP contribution in [-0.4, -0.2) is 30.4 Å². The number of nitrogens with zero attached hydrogens (tertiary/aromatic N) is 1. The average molecular weight is 240 g/mol. The van der Waals surface area contributed by atoms with E-state index in [9.17, 15) is 4.79 Å². The van der Waals surface area contributed by atoms with Crippen molar-refractivity contribution < 1.29 is 4.79 Å². The number of carbonyl (C=O) groups is 1. The Bertz CT molecular complexity index is 240. The standard InChI is InChI=1S/C14H28N2O/c1-11(2)7-8-16(3)14(17)10-12-5-4-6-13(15)9-12/h11-13H,4-10,15H2,1-3H3. The van der Waals surface area contributed by atoms with Crippen molar-refractivity contribution in [2.24, 2.45) is 17.6 Å². The molecule has 1 fully saturated rings. The van der Waals surface area contributed by atoms with Crippen molar-refractivity contribution in [2.75, 3.05) is 13.6 Å². The smallest absolute Gasteiger partial charge is 0.222 e. The van der Waals surface area contributed by atoms with Gasteiger partial charge in [-0.3, -0.25) is 4.79 Å². The molecule has 1 aliphatic carbocycles. The van der Waals surface area contributed by atoms with Gasteiger partial charge in [0, 0.05) is 26.1 Å².